The molecule has 0 radical (unpaired) electrons. The van der Waals surface area contributed by atoms with Crippen LogP contribution in [0.25, 0.3) is 0 Å². The van der Waals surface area contributed by atoms with Crippen LogP contribution in [-0.4, -0.2) is 17.5 Å². The number of benzene rings is 1. The number of hydrogen-bond donors (Lipinski definition) is 1. The average molecular weight is 328 g/mol. The van der Waals surface area contributed by atoms with Crippen molar-refractivity contribution < 1.29 is 0 Å². The van der Waals surface area contributed by atoms with Gasteiger partial charge in [0.2, 0.25) is 0 Å². The maximum atomic E-state index is 3.75. The molecule has 1 fully saturated rings. The molecule has 1 saturated carbocycles. The van der Waals surface area contributed by atoms with Gasteiger partial charge in [-0.1, -0.05) is 40.9 Å². The maximum absolute atomic E-state index is 3.75. The Morgan fingerprint density at radius 3 is 2.83 bits per heavy atom. The summed E-state index contributed by atoms with van der Waals surface area (Å²) in [6, 6.07) is 7.30. The molecule has 0 amide bonds. The predicted octanol–water partition coefficient (Wildman–Crippen LogP) is 4.52. The number of hydrogen-bond acceptors (Lipinski definition) is 2. The van der Waals surface area contributed by atoms with E-state index in [1.54, 1.807) is 0 Å². The van der Waals surface area contributed by atoms with Crippen molar-refractivity contribution in [3.63, 3.8) is 0 Å². The molecular formula is C15H22BrNS. The third-order valence-corrected chi connectivity index (χ3v) is 5.68. The number of rotatable bonds is 4. The second-order valence-electron chi connectivity index (χ2n) is 5.14. The molecule has 0 aromatic heterocycles. The van der Waals surface area contributed by atoms with Crippen molar-refractivity contribution in [2.75, 3.05) is 6.26 Å². The van der Waals surface area contributed by atoms with E-state index in [-0.39, 0.29) is 0 Å². The number of halogens is 1. The van der Waals surface area contributed by atoms with Gasteiger partial charge in [0.25, 0.3) is 0 Å². The van der Waals surface area contributed by atoms with E-state index < -0.39 is 0 Å². The van der Waals surface area contributed by atoms with Gasteiger partial charge in [0.1, 0.15) is 0 Å². The highest BCUT2D eigenvalue weighted by atomic mass is 79.9. The number of thioether (sulfide) groups is 1. The van der Waals surface area contributed by atoms with Crippen molar-refractivity contribution in [1.82, 2.24) is 5.32 Å². The summed E-state index contributed by atoms with van der Waals surface area (Å²) >= 11 is 5.68. The molecule has 2 unspecified atom stereocenters. The highest BCUT2D eigenvalue weighted by Gasteiger charge is 2.23. The Morgan fingerprint density at radius 1 is 1.33 bits per heavy atom. The van der Waals surface area contributed by atoms with Crippen molar-refractivity contribution in [3.05, 3.63) is 33.8 Å². The summed E-state index contributed by atoms with van der Waals surface area (Å²) in [6.07, 6.45) is 7.72. The Balaban J connectivity index is 1.93. The first-order valence-corrected chi connectivity index (χ1v) is 8.80. The molecular weight excluding hydrogens is 306 g/mol. The van der Waals surface area contributed by atoms with Gasteiger partial charge in [0.05, 0.1) is 0 Å². The van der Waals surface area contributed by atoms with Gasteiger partial charge in [0.15, 0.2) is 0 Å². The first kappa shape index (κ1) is 14.4. The van der Waals surface area contributed by atoms with Gasteiger partial charge in [0, 0.05) is 22.3 Å². The molecule has 1 aliphatic rings. The second kappa shape index (κ2) is 6.97. The third-order valence-electron chi connectivity index (χ3n) is 3.77. The van der Waals surface area contributed by atoms with E-state index in [1.165, 1.54) is 41.3 Å². The fourth-order valence-electron chi connectivity index (χ4n) is 2.65. The Hall–Kier alpha value is 0.01000. The molecule has 1 N–H and O–H groups in total. The van der Waals surface area contributed by atoms with E-state index in [0.29, 0.717) is 6.04 Å². The molecule has 1 nitrogen and oxygen atoms in total. The van der Waals surface area contributed by atoms with Crippen molar-refractivity contribution in [3.8, 4) is 0 Å². The first-order valence-electron chi connectivity index (χ1n) is 6.72. The summed E-state index contributed by atoms with van der Waals surface area (Å²) < 4.78 is 1.23. The minimum absolute atomic E-state index is 0.682. The van der Waals surface area contributed by atoms with Crippen LogP contribution in [0.3, 0.4) is 0 Å². The standard InChI is InChI=1S/C15H22BrNS/c1-11-7-8-12(13(16)9-11)10-17-14-5-3-4-6-15(14)18-2/h7-9,14-15,17H,3-6,10H2,1-2H3. The van der Waals surface area contributed by atoms with E-state index in [1.807, 2.05) is 11.8 Å². The van der Waals surface area contributed by atoms with E-state index in [2.05, 4.69) is 52.6 Å². The zero-order chi connectivity index (χ0) is 13.0. The molecule has 100 valence electrons. The Bertz CT molecular complexity index is 394. The minimum atomic E-state index is 0.682. The largest absolute Gasteiger partial charge is 0.309 e. The molecule has 0 spiro atoms. The summed E-state index contributed by atoms with van der Waals surface area (Å²) in [5, 5.41) is 4.54. The lowest BCUT2D eigenvalue weighted by Gasteiger charge is -2.31. The summed E-state index contributed by atoms with van der Waals surface area (Å²) in [7, 11) is 0. The maximum Gasteiger partial charge on any atom is 0.0222 e. The summed E-state index contributed by atoms with van der Waals surface area (Å²) in [6.45, 7) is 3.11. The molecule has 1 aromatic rings. The fraction of sp³-hybridized carbons (Fsp3) is 0.600. The minimum Gasteiger partial charge on any atom is -0.309 e. The lowest BCUT2D eigenvalue weighted by molar-refractivity contribution is 0.383. The van der Waals surface area contributed by atoms with Crippen LogP contribution in [0.1, 0.15) is 36.8 Å². The van der Waals surface area contributed by atoms with Crippen LogP contribution in [-0.2, 0) is 6.54 Å². The van der Waals surface area contributed by atoms with Crippen LogP contribution in [0.15, 0.2) is 22.7 Å². The van der Waals surface area contributed by atoms with Crippen LogP contribution >= 0.6 is 27.7 Å². The number of nitrogens with one attached hydrogen (secondary N) is 1. The van der Waals surface area contributed by atoms with Crippen LogP contribution in [0.2, 0.25) is 0 Å². The van der Waals surface area contributed by atoms with Gasteiger partial charge in [-0.2, -0.15) is 11.8 Å². The normalized spacial score (nSPS) is 24.2. The monoisotopic (exact) mass is 327 g/mol. The van der Waals surface area contributed by atoms with Crippen LogP contribution in [0.4, 0.5) is 0 Å². The van der Waals surface area contributed by atoms with Gasteiger partial charge in [-0.25, -0.2) is 0 Å². The molecule has 3 heteroatoms. The van der Waals surface area contributed by atoms with Crippen LogP contribution < -0.4 is 5.32 Å². The van der Waals surface area contributed by atoms with E-state index in [9.17, 15) is 0 Å². The lowest BCUT2D eigenvalue weighted by Crippen LogP contribution is -2.40. The van der Waals surface area contributed by atoms with Crippen LogP contribution in [0.5, 0.6) is 0 Å². The first-order chi connectivity index (χ1) is 8.70. The average Bonchev–Trinajstić information content (AvgIpc) is 2.38. The van der Waals surface area contributed by atoms with Crippen LogP contribution in [0, 0.1) is 6.92 Å². The molecule has 1 aromatic carbocycles. The molecule has 2 rings (SSSR count). The van der Waals surface area contributed by atoms with E-state index >= 15 is 0 Å². The van der Waals surface area contributed by atoms with Crippen molar-refractivity contribution >= 4 is 27.7 Å². The van der Waals surface area contributed by atoms with Crippen molar-refractivity contribution in [2.24, 2.45) is 0 Å². The van der Waals surface area contributed by atoms with Gasteiger partial charge < -0.3 is 5.32 Å². The highest BCUT2D eigenvalue weighted by molar-refractivity contribution is 9.10. The highest BCUT2D eigenvalue weighted by Crippen LogP contribution is 2.28. The Labute approximate surface area is 123 Å². The van der Waals surface area contributed by atoms with Gasteiger partial charge in [-0.3, -0.25) is 0 Å². The van der Waals surface area contributed by atoms with Crippen molar-refractivity contribution in [2.45, 2.75) is 50.4 Å². The Kier molecular flexibility index (Phi) is 5.58. The zero-order valence-electron chi connectivity index (χ0n) is 11.2. The molecule has 1 aliphatic carbocycles. The number of aryl methyl sites for hydroxylation is 1. The SMILES string of the molecule is CSC1CCCCC1NCc1ccc(C)cc1Br. The summed E-state index contributed by atoms with van der Waals surface area (Å²) in [4.78, 5) is 0. The molecule has 0 aliphatic heterocycles. The Morgan fingerprint density at radius 2 is 2.11 bits per heavy atom. The predicted molar refractivity (Wildman–Crippen MR) is 85.3 cm³/mol. The van der Waals surface area contributed by atoms with E-state index in [0.717, 1.165) is 11.8 Å². The summed E-state index contributed by atoms with van der Waals surface area (Å²) in [5.41, 5.74) is 2.68. The molecule has 18 heavy (non-hydrogen) atoms. The lowest BCUT2D eigenvalue weighted by atomic mass is 9.94. The van der Waals surface area contributed by atoms with Crippen molar-refractivity contribution in [1.29, 1.82) is 0 Å². The molecule has 0 bridgehead atoms. The molecule has 2 atom stereocenters. The zero-order valence-corrected chi connectivity index (χ0v) is 13.6. The molecule has 0 saturated heterocycles. The smallest absolute Gasteiger partial charge is 0.0222 e. The summed E-state index contributed by atoms with van der Waals surface area (Å²) in [5.74, 6) is 0. The van der Waals surface area contributed by atoms with Gasteiger partial charge >= 0.3 is 0 Å². The quantitative estimate of drug-likeness (QED) is 0.872. The van der Waals surface area contributed by atoms with E-state index in [4.69, 9.17) is 0 Å². The van der Waals surface area contributed by atoms with Gasteiger partial charge in [-0.05, 0) is 43.2 Å². The fourth-order valence-corrected chi connectivity index (χ4v) is 4.25. The topological polar surface area (TPSA) is 12.0 Å². The third kappa shape index (κ3) is 3.75. The molecule has 0 heterocycles. The van der Waals surface area contributed by atoms with Gasteiger partial charge in [-0.15, -0.1) is 0 Å². The second-order valence-corrected chi connectivity index (χ2v) is 7.07.